The third-order valence-corrected chi connectivity index (χ3v) is 2.26. The van der Waals surface area contributed by atoms with Crippen LogP contribution >= 0.6 is 0 Å². The van der Waals surface area contributed by atoms with Crippen LogP contribution < -0.4 is 0 Å². The maximum absolute atomic E-state index is 9.01. The van der Waals surface area contributed by atoms with Crippen LogP contribution in [0.5, 0.6) is 0 Å². The van der Waals surface area contributed by atoms with E-state index in [1.165, 1.54) is 0 Å². The monoisotopic (exact) mass is 168 g/mol. The average molecular weight is 168 g/mol. The normalized spacial score (nSPS) is 29.4. The van der Waals surface area contributed by atoms with Gasteiger partial charge in [0.1, 0.15) is 0 Å². The van der Waals surface area contributed by atoms with Crippen LogP contribution in [0.2, 0.25) is 0 Å². The van der Waals surface area contributed by atoms with Crippen LogP contribution in [0.4, 0.5) is 0 Å². The second-order valence-corrected chi connectivity index (χ2v) is 3.03. The Labute approximate surface area is 70.8 Å². The largest absolute Gasteiger partial charge is 0.396 e. The molecule has 66 valence electrons. The predicted octanol–water partition coefficient (Wildman–Crippen LogP) is 0.0629. The SMILES string of the molecule is OCC1COCC1n1cccn1. The number of aromatic nitrogens is 2. The second kappa shape index (κ2) is 3.25. The molecule has 0 spiro atoms. The van der Waals surface area contributed by atoms with Gasteiger partial charge in [-0.2, -0.15) is 5.10 Å². The first-order chi connectivity index (χ1) is 5.92. The maximum Gasteiger partial charge on any atom is 0.0824 e. The summed E-state index contributed by atoms with van der Waals surface area (Å²) >= 11 is 0. The van der Waals surface area contributed by atoms with Crippen molar-refractivity contribution >= 4 is 0 Å². The topological polar surface area (TPSA) is 47.3 Å². The third kappa shape index (κ3) is 1.23. The van der Waals surface area contributed by atoms with E-state index in [-0.39, 0.29) is 18.6 Å². The molecule has 4 nitrogen and oxygen atoms in total. The summed E-state index contributed by atoms with van der Waals surface area (Å²) in [7, 11) is 0. The molecule has 0 aromatic carbocycles. The Kier molecular flexibility index (Phi) is 2.10. The van der Waals surface area contributed by atoms with Gasteiger partial charge in [-0.1, -0.05) is 0 Å². The Morgan fingerprint density at radius 3 is 3.17 bits per heavy atom. The molecule has 2 atom stereocenters. The lowest BCUT2D eigenvalue weighted by Crippen LogP contribution is -2.20. The highest BCUT2D eigenvalue weighted by atomic mass is 16.5. The fourth-order valence-corrected chi connectivity index (χ4v) is 1.53. The maximum atomic E-state index is 9.01. The highest BCUT2D eigenvalue weighted by Crippen LogP contribution is 2.23. The van der Waals surface area contributed by atoms with E-state index in [0.29, 0.717) is 13.2 Å². The first-order valence-electron chi connectivity index (χ1n) is 4.09. The van der Waals surface area contributed by atoms with Gasteiger partial charge in [-0.25, -0.2) is 0 Å². The van der Waals surface area contributed by atoms with Crippen molar-refractivity contribution in [3.05, 3.63) is 18.5 Å². The lowest BCUT2D eigenvalue weighted by atomic mass is 10.1. The van der Waals surface area contributed by atoms with E-state index in [0.717, 1.165) is 0 Å². The summed E-state index contributed by atoms with van der Waals surface area (Å²) < 4.78 is 7.12. The second-order valence-electron chi connectivity index (χ2n) is 3.03. The molecule has 0 aliphatic carbocycles. The molecule has 0 radical (unpaired) electrons. The van der Waals surface area contributed by atoms with Crippen LogP contribution in [0.3, 0.4) is 0 Å². The number of ether oxygens (including phenoxy) is 1. The van der Waals surface area contributed by atoms with Gasteiger partial charge in [-0.3, -0.25) is 4.68 Å². The predicted molar refractivity (Wildman–Crippen MR) is 42.7 cm³/mol. The molecule has 1 aromatic heterocycles. The van der Waals surface area contributed by atoms with Crippen LogP contribution in [-0.4, -0.2) is 34.7 Å². The van der Waals surface area contributed by atoms with Crippen LogP contribution in [0.15, 0.2) is 18.5 Å². The van der Waals surface area contributed by atoms with E-state index >= 15 is 0 Å². The Morgan fingerprint density at radius 1 is 1.58 bits per heavy atom. The third-order valence-electron chi connectivity index (χ3n) is 2.26. The summed E-state index contributed by atoms with van der Waals surface area (Å²) in [5.41, 5.74) is 0. The van der Waals surface area contributed by atoms with Gasteiger partial charge < -0.3 is 9.84 Å². The smallest absolute Gasteiger partial charge is 0.0824 e. The molecule has 1 N–H and O–H groups in total. The number of aliphatic hydroxyl groups is 1. The van der Waals surface area contributed by atoms with Gasteiger partial charge in [0, 0.05) is 18.3 Å². The van der Waals surface area contributed by atoms with Crippen molar-refractivity contribution in [2.45, 2.75) is 6.04 Å². The van der Waals surface area contributed by atoms with E-state index < -0.39 is 0 Å². The molecule has 0 saturated carbocycles. The number of hydrogen-bond acceptors (Lipinski definition) is 3. The van der Waals surface area contributed by atoms with Gasteiger partial charge in [-0.15, -0.1) is 0 Å². The van der Waals surface area contributed by atoms with Gasteiger partial charge in [0.05, 0.1) is 25.9 Å². The summed E-state index contributed by atoms with van der Waals surface area (Å²) in [6, 6.07) is 2.09. The van der Waals surface area contributed by atoms with E-state index in [9.17, 15) is 0 Å². The Morgan fingerprint density at radius 2 is 2.50 bits per heavy atom. The van der Waals surface area contributed by atoms with Crippen molar-refractivity contribution in [3.8, 4) is 0 Å². The van der Waals surface area contributed by atoms with Crippen molar-refractivity contribution in [1.82, 2.24) is 9.78 Å². The first-order valence-corrected chi connectivity index (χ1v) is 4.09. The number of nitrogens with zero attached hydrogens (tertiary/aromatic N) is 2. The van der Waals surface area contributed by atoms with Gasteiger partial charge in [0.15, 0.2) is 0 Å². The van der Waals surface area contributed by atoms with Gasteiger partial charge in [0.2, 0.25) is 0 Å². The standard InChI is InChI=1S/C8H12N2O2/c11-4-7-5-12-6-8(7)10-3-1-2-9-10/h1-3,7-8,11H,4-6H2. The molecule has 2 heterocycles. The molecule has 2 unspecified atom stereocenters. The molecule has 1 aliphatic heterocycles. The Bertz CT molecular complexity index is 235. The summed E-state index contributed by atoms with van der Waals surface area (Å²) in [4.78, 5) is 0. The van der Waals surface area contributed by atoms with E-state index in [4.69, 9.17) is 9.84 Å². The molecule has 0 amide bonds. The van der Waals surface area contributed by atoms with Crippen molar-refractivity contribution < 1.29 is 9.84 Å². The summed E-state index contributed by atoms with van der Waals surface area (Å²) in [5.74, 6) is 0.199. The Hall–Kier alpha value is -0.870. The summed E-state index contributed by atoms with van der Waals surface area (Å²) in [5, 5.41) is 13.1. The molecule has 2 rings (SSSR count). The summed E-state index contributed by atoms with van der Waals surface area (Å²) in [6.45, 7) is 1.47. The molecular weight excluding hydrogens is 156 g/mol. The van der Waals surface area contributed by atoms with E-state index in [1.54, 1.807) is 6.20 Å². The van der Waals surface area contributed by atoms with Crippen molar-refractivity contribution in [1.29, 1.82) is 0 Å². The van der Waals surface area contributed by atoms with Crippen LogP contribution in [0.1, 0.15) is 6.04 Å². The number of rotatable bonds is 2. The lowest BCUT2D eigenvalue weighted by molar-refractivity contribution is 0.160. The highest BCUT2D eigenvalue weighted by Gasteiger charge is 2.29. The number of hydrogen-bond donors (Lipinski definition) is 1. The minimum absolute atomic E-state index is 0.171. The molecule has 1 aliphatic rings. The number of aliphatic hydroxyl groups excluding tert-OH is 1. The van der Waals surface area contributed by atoms with Crippen molar-refractivity contribution in [3.63, 3.8) is 0 Å². The molecule has 1 fully saturated rings. The Balaban J connectivity index is 2.13. The minimum Gasteiger partial charge on any atom is -0.396 e. The quantitative estimate of drug-likeness (QED) is 0.679. The molecular formula is C8H12N2O2. The van der Waals surface area contributed by atoms with Crippen molar-refractivity contribution in [2.75, 3.05) is 19.8 Å². The molecule has 12 heavy (non-hydrogen) atoms. The zero-order chi connectivity index (χ0) is 8.39. The zero-order valence-electron chi connectivity index (χ0n) is 6.76. The summed E-state index contributed by atoms with van der Waals surface area (Å²) in [6.07, 6.45) is 3.65. The van der Waals surface area contributed by atoms with Gasteiger partial charge in [0.25, 0.3) is 0 Å². The van der Waals surface area contributed by atoms with Gasteiger partial charge >= 0.3 is 0 Å². The minimum atomic E-state index is 0.171. The van der Waals surface area contributed by atoms with Crippen LogP contribution in [-0.2, 0) is 4.74 Å². The molecule has 1 saturated heterocycles. The average Bonchev–Trinajstić information content (AvgIpc) is 2.74. The van der Waals surface area contributed by atoms with E-state index in [2.05, 4.69) is 5.10 Å². The fraction of sp³-hybridized carbons (Fsp3) is 0.625. The first kappa shape index (κ1) is 7.76. The van der Waals surface area contributed by atoms with Crippen LogP contribution in [0, 0.1) is 5.92 Å². The molecule has 4 heteroatoms. The van der Waals surface area contributed by atoms with Crippen molar-refractivity contribution in [2.24, 2.45) is 5.92 Å². The highest BCUT2D eigenvalue weighted by molar-refractivity contribution is 4.86. The van der Waals surface area contributed by atoms with Crippen LogP contribution in [0.25, 0.3) is 0 Å². The molecule has 1 aromatic rings. The fourth-order valence-electron chi connectivity index (χ4n) is 1.53. The zero-order valence-corrected chi connectivity index (χ0v) is 6.76. The lowest BCUT2D eigenvalue weighted by Gasteiger charge is -2.14. The van der Waals surface area contributed by atoms with E-state index in [1.807, 2.05) is 16.9 Å². The molecule has 0 bridgehead atoms. The van der Waals surface area contributed by atoms with Gasteiger partial charge in [-0.05, 0) is 6.07 Å².